The van der Waals surface area contributed by atoms with Crippen LogP contribution in [0.1, 0.15) is 29.2 Å². The van der Waals surface area contributed by atoms with Gasteiger partial charge in [0, 0.05) is 37.4 Å². The number of nitrogens with zero attached hydrogens (tertiary/aromatic N) is 2. The second-order valence-electron chi connectivity index (χ2n) is 7.11. The molecule has 1 unspecified atom stereocenters. The molecule has 1 aromatic heterocycles. The van der Waals surface area contributed by atoms with Crippen molar-refractivity contribution < 1.29 is 13.2 Å². The molecular formula is C22H22F3N3. The topological polar surface area (TPSA) is 28.2 Å². The molecule has 0 spiro atoms. The van der Waals surface area contributed by atoms with Crippen molar-refractivity contribution in [3.8, 4) is 0 Å². The first-order valence-corrected chi connectivity index (χ1v) is 9.48. The Morgan fingerprint density at radius 3 is 2.68 bits per heavy atom. The molecule has 1 fully saturated rings. The summed E-state index contributed by atoms with van der Waals surface area (Å²) in [6.45, 7) is 3.10. The lowest BCUT2D eigenvalue weighted by Crippen LogP contribution is -2.34. The normalized spacial score (nSPS) is 17.4. The highest BCUT2D eigenvalue weighted by molar-refractivity contribution is 5.82. The Labute approximate surface area is 162 Å². The molecule has 6 heteroatoms. The number of halogens is 3. The van der Waals surface area contributed by atoms with Gasteiger partial charge in [-0.25, -0.2) is 0 Å². The predicted octanol–water partition coefficient (Wildman–Crippen LogP) is 4.64. The van der Waals surface area contributed by atoms with E-state index in [0.717, 1.165) is 42.4 Å². The highest BCUT2D eigenvalue weighted by atomic mass is 19.4. The smallest absolute Gasteiger partial charge is 0.315 e. The van der Waals surface area contributed by atoms with Gasteiger partial charge in [-0.1, -0.05) is 30.3 Å². The zero-order valence-electron chi connectivity index (χ0n) is 15.4. The maximum atomic E-state index is 13.8. The lowest BCUT2D eigenvalue weighted by molar-refractivity contribution is -0.138. The van der Waals surface area contributed by atoms with Crippen molar-refractivity contribution in [2.24, 2.45) is 0 Å². The number of rotatable bonds is 3. The minimum absolute atomic E-state index is 0.310. The quantitative estimate of drug-likeness (QED) is 0.712. The third-order valence-corrected chi connectivity index (χ3v) is 5.28. The van der Waals surface area contributed by atoms with Crippen LogP contribution in [0.15, 0.2) is 60.9 Å². The molecule has 3 nitrogen and oxygen atoms in total. The van der Waals surface area contributed by atoms with E-state index in [0.29, 0.717) is 12.1 Å². The number of nitrogens with one attached hydrogen (secondary N) is 1. The molecule has 146 valence electrons. The molecule has 1 atom stereocenters. The minimum atomic E-state index is -4.39. The van der Waals surface area contributed by atoms with E-state index in [2.05, 4.69) is 15.2 Å². The highest BCUT2D eigenvalue weighted by Crippen LogP contribution is 2.39. The fourth-order valence-electron chi connectivity index (χ4n) is 3.98. The van der Waals surface area contributed by atoms with Gasteiger partial charge in [-0.05, 0) is 47.7 Å². The molecule has 1 saturated heterocycles. The van der Waals surface area contributed by atoms with Crippen LogP contribution in [0.3, 0.4) is 0 Å². The molecule has 1 aliphatic heterocycles. The third-order valence-electron chi connectivity index (χ3n) is 5.28. The SMILES string of the molecule is FC(F)(F)c1ccccc1C(c1ccc2cnccc2c1)N1CCCNCC1. The fraction of sp³-hybridized carbons (Fsp3) is 0.318. The standard InChI is InChI=1S/C22H22F3N3/c23-22(24,25)20-5-2-1-4-19(20)21(28-12-3-9-26-11-13-28)17-6-7-18-15-27-10-8-16(18)14-17/h1-2,4-8,10,14-15,21,26H,3,9,11-13H2. The number of pyridine rings is 1. The molecule has 0 radical (unpaired) electrons. The summed E-state index contributed by atoms with van der Waals surface area (Å²) >= 11 is 0. The molecule has 2 heterocycles. The lowest BCUT2D eigenvalue weighted by Gasteiger charge is -2.33. The third kappa shape index (κ3) is 3.88. The molecule has 28 heavy (non-hydrogen) atoms. The van der Waals surface area contributed by atoms with E-state index in [1.807, 2.05) is 24.3 Å². The van der Waals surface area contributed by atoms with E-state index >= 15 is 0 Å². The van der Waals surface area contributed by atoms with Crippen LogP contribution in [-0.4, -0.2) is 36.1 Å². The van der Waals surface area contributed by atoms with Crippen LogP contribution in [0.25, 0.3) is 10.8 Å². The first kappa shape index (κ1) is 18.9. The van der Waals surface area contributed by atoms with Crippen molar-refractivity contribution in [1.82, 2.24) is 15.2 Å². The monoisotopic (exact) mass is 385 g/mol. The van der Waals surface area contributed by atoms with Crippen LogP contribution in [0.5, 0.6) is 0 Å². The van der Waals surface area contributed by atoms with E-state index in [4.69, 9.17) is 0 Å². The fourth-order valence-corrected chi connectivity index (χ4v) is 3.98. The van der Waals surface area contributed by atoms with Gasteiger partial charge >= 0.3 is 6.18 Å². The molecule has 2 aromatic carbocycles. The Kier molecular flexibility index (Phi) is 5.33. The van der Waals surface area contributed by atoms with Gasteiger partial charge in [0.15, 0.2) is 0 Å². The Morgan fingerprint density at radius 2 is 1.82 bits per heavy atom. The van der Waals surface area contributed by atoms with E-state index in [9.17, 15) is 13.2 Å². The molecular weight excluding hydrogens is 363 g/mol. The van der Waals surface area contributed by atoms with Crippen LogP contribution in [0.4, 0.5) is 13.2 Å². The number of hydrogen-bond acceptors (Lipinski definition) is 3. The van der Waals surface area contributed by atoms with E-state index in [-0.39, 0.29) is 0 Å². The minimum Gasteiger partial charge on any atom is -0.315 e. The Balaban J connectivity index is 1.87. The van der Waals surface area contributed by atoms with Crippen molar-refractivity contribution >= 4 is 10.8 Å². The van der Waals surface area contributed by atoms with Crippen molar-refractivity contribution in [2.45, 2.75) is 18.6 Å². The molecule has 0 saturated carbocycles. The van der Waals surface area contributed by atoms with Gasteiger partial charge in [0.1, 0.15) is 0 Å². The van der Waals surface area contributed by atoms with E-state index in [1.54, 1.807) is 24.5 Å². The van der Waals surface area contributed by atoms with Crippen molar-refractivity contribution in [1.29, 1.82) is 0 Å². The first-order chi connectivity index (χ1) is 13.5. The van der Waals surface area contributed by atoms with Gasteiger partial charge in [-0.2, -0.15) is 13.2 Å². The second kappa shape index (κ2) is 7.89. The molecule has 0 aliphatic carbocycles. The maximum Gasteiger partial charge on any atom is 0.416 e. The Morgan fingerprint density at radius 1 is 0.964 bits per heavy atom. The van der Waals surface area contributed by atoms with Crippen molar-refractivity contribution in [2.75, 3.05) is 26.2 Å². The second-order valence-corrected chi connectivity index (χ2v) is 7.11. The maximum absolute atomic E-state index is 13.8. The van der Waals surface area contributed by atoms with Gasteiger partial charge in [-0.3, -0.25) is 9.88 Å². The summed E-state index contributed by atoms with van der Waals surface area (Å²) in [5, 5.41) is 5.30. The number of hydrogen-bond donors (Lipinski definition) is 1. The van der Waals surface area contributed by atoms with Crippen LogP contribution in [0.2, 0.25) is 0 Å². The number of benzene rings is 2. The number of aromatic nitrogens is 1. The summed E-state index contributed by atoms with van der Waals surface area (Å²) in [7, 11) is 0. The number of fused-ring (bicyclic) bond motifs is 1. The molecule has 0 bridgehead atoms. The van der Waals surface area contributed by atoms with Gasteiger partial charge in [0.2, 0.25) is 0 Å². The van der Waals surface area contributed by atoms with Gasteiger partial charge < -0.3 is 5.32 Å². The number of alkyl halides is 3. The van der Waals surface area contributed by atoms with Crippen LogP contribution in [-0.2, 0) is 6.18 Å². The Bertz CT molecular complexity index is 947. The van der Waals surface area contributed by atoms with Crippen LogP contribution in [0, 0.1) is 0 Å². The summed E-state index contributed by atoms with van der Waals surface area (Å²) < 4.78 is 41.4. The van der Waals surface area contributed by atoms with Gasteiger partial charge in [0.05, 0.1) is 11.6 Å². The zero-order chi connectivity index (χ0) is 19.6. The summed E-state index contributed by atoms with van der Waals surface area (Å²) in [4.78, 5) is 6.29. The molecule has 0 amide bonds. The summed E-state index contributed by atoms with van der Waals surface area (Å²) in [5.74, 6) is 0. The summed E-state index contributed by atoms with van der Waals surface area (Å²) in [6, 6.07) is 13.3. The van der Waals surface area contributed by atoms with Crippen molar-refractivity contribution in [3.05, 3.63) is 77.6 Å². The zero-order valence-corrected chi connectivity index (χ0v) is 15.4. The van der Waals surface area contributed by atoms with Crippen LogP contribution >= 0.6 is 0 Å². The van der Waals surface area contributed by atoms with Crippen LogP contribution < -0.4 is 5.32 Å². The molecule has 4 rings (SSSR count). The highest BCUT2D eigenvalue weighted by Gasteiger charge is 2.37. The molecule has 3 aromatic rings. The van der Waals surface area contributed by atoms with Gasteiger partial charge in [-0.15, -0.1) is 0 Å². The average Bonchev–Trinajstić information content (AvgIpc) is 2.97. The Hall–Kier alpha value is -2.44. The van der Waals surface area contributed by atoms with E-state index < -0.39 is 17.8 Å². The predicted molar refractivity (Wildman–Crippen MR) is 104 cm³/mol. The van der Waals surface area contributed by atoms with E-state index in [1.165, 1.54) is 12.1 Å². The first-order valence-electron chi connectivity index (χ1n) is 9.48. The average molecular weight is 385 g/mol. The lowest BCUT2D eigenvalue weighted by atomic mass is 9.91. The molecule has 1 N–H and O–H groups in total. The largest absolute Gasteiger partial charge is 0.416 e. The summed E-state index contributed by atoms with van der Waals surface area (Å²) in [6.07, 6.45) is -0.00380. The van der Waals surface area contributed by atoms with Gasteiger partial charge in [0.25, 0.3) is 0 Å². The van der Waals surface area contributed by atoms with Crippen molar-refractivity contribution in [3.63, 3.8) is 0 Å². The molecule has 1 aliphatic rings. The summed E-state index contributed by atoms with van der Waals surface area (Å²) in [5.41, 5.74) is 0.620.